The van der Waals surface area contributed by atoms with Crippen molar-refractivity contribution in [1.82, 2.24) is 0 Å². The van der Waals surface area contributed by atoms with Crippen LogP contribution in [0, 0.1) is 17.6 Å². The van der Waals surface area contributed by atoms with Crippen LogP contribution in [-0.4, -0.2) is 21.0 Å². The highest BCUT2D eigenvalue weighted by Crippen LogP contribution is 2.20. The van der Waals surface area contributed by atoms with E-state index < -0.39 is 38.1 Å². The Hall–Kier alpha value is -1.54. The number of carbonyl (C=O) groups is 1. The maximum Gasteiger partial charge on any atom is 0.341 e. The first-order valence-electron chi connectivity index (χ1n) is 6.35. The van der Waals surface area contributed by atoms with Crippen LogP contribution in [-0.2, 0) is 14.8 Å². The first kappa shape index (κ1) is 17.5. The van der Waals surface area contributed by atoms with E-state index in [1.54, 1.807) is 0 Å². The van der Waals surface area contributed by atoms with E-state index in [1.165, 1.54) is 0 Å². The van der Waals surface area contributed by atoms with E-state index in [9.17, 15) is 22.0 Å². The molecule has 0 radical (unpaired) electrons. The van der Waals surface area contributed by atoms with Crippen LogP contribution in [0.25, 0.3) is 0 Å². The second kappa shape index (κ2) is 6.95. The molecule has 0 spiro atoms. The maximum atomic E-state index is 13.9. The normalized spacial score (nSPS) is 13.0. The molecule has 1 aromatic carbocycles. The molecule has 0 fully saturated rings. The third-order valence-electron chi connectivity index (χ3n) is 2.81. The second-order valence-electron chi connectivity index (χ2n) is 4.80. The summed E-state index contributed by atoms with van der Waals surface area (Å²) in [5, 5.41) is 4.77. The molecule has 1 atom stereocenters. The number of hydrogen-bond donors (Lipinski definition) is 1. The predicted octanol–water partition coefficient (Wildman–Crippen LogP) is 2.21. The molecule has 0 aromatic heterocycles. The van der Waals surface area contributed by atoms with Crippen LogP contribution in [0.4, 0.5) is 8.78 Å². The molecular weight excluding hydrogens is 304 g/mol. The molecule has 0 heterocycles. The van der Waals surface area contributed by atoms with Gasteiger partial charge in [0.2, 0.25) is 10.0 Å². The summed E-state index contributed by atoms with van der Waals surface area (Å²) in [5.41, 5.74) is -0.789. The summed E-state index contributed by atoms with van der Waals surface area (Å²) in [7, 11) is -4.47. The first-order valence-corrected chi connectivity index (χ1v) is 7.90. The van der Waals surface area contributed by atoms with Gasteiger partial charge in [0.05, 0.1) is 12.2 Å². The molecule has 5 nitrogen and oxygen atoms in total. The Labute approximate surface area is 122 Å². The standard InChI is InChI=1S/C13H17F2NO4S/c1-3-4-8(2)7-20-13(17)10-5-9(14)6-11(12(10)15)21(16,18)19/h5-6,8H,3-4,7H2,1-2H3,(H2,16,18,19). The van der Waals surface area contributed by atoms with E-state index in [-0.39, 0.29) is 12.5 Å². The van der Waals surface area contributed by atoms with Crippen LogP contribution < -0.4 is 5.14 Å². The van der Waals surface area contributed by atoms with Crippen LogP contribution in [0.2, 0.25) is 0 Å². The molecule has 0 aliphatic carbocycles. The minimum Gasteiger partial charge on any atom is -0.462 e. The van der Waals surface area contributed by atoms with E-state index in [0.717, 1.165) is 12.8 Å². The molecule has 0 saturated heterocycles. The van der Waals surface area contributed by atoms with Gasteiger partial charge in [0, 0.05) is 0 Å². The summed E-state index contributed by atoms with van der Waals surface area (Å²) < 4.78 is 54.4. The van der Waals surface area contributed by atoms with E-state index >= 15 is 0 Å². The van der Waals surface area contributed by atoms with Gasteiger partial charge < -0.3 is 4.74 Å². The number of primary sulfonamides is 1. The van der Waals surface area contributed by atoms with Crippen molar-refractivity contribution in [1.29, 1.82) is 0 Å². The Morgan fingerprint density at radius 2 is 2.00 bits per heavy atom. The Morgan fingerprint density at radius 1 is 1.38 bits per heavy atom. The number of ether oxygens (including phenoxy) is 1. The van der Waals surface area contributed by atoms with Crippen LogP contribution in [0.5, 0.6) is 0 Å². The topological polar surface area (TPSA) is 86.5 Å². The lowest BCUT2D eigenvalue weighted by Crippen LogP contribution is -2.19. The zero-order valence-corrected chi connectivity index (χ0v) is 12.5. The van der Waals surface area contributed by atoms with Crippen molar-refractivity contribution in [2.75, 3.05) is 6.61 Å². The van der Waals surface area contributed by atoms with Gasteiger partial charge in [-0.25, -0.2) is 27.1 Å². The summed E-state index contributed by atoms with van der Waals surface area (Å²) in [6.07, 6.45) is 1.70. The quantitative estimate of drug-likeness (QED) is 0.814. The molecule has 1 aromatic rings. The maximum absolute atomic E-state index is 13.9. The molecule has 0 bridgehead atoms. The lowest BCUT2D eigenvalue weighted by atomic mass is 10.1. The average molecular weight is 321 g/mol. The van der Waals surface area contributed by atoms with Gasteiger partial charge in [0.1, 0.15) is 10.7 Å². The van der Waals surface area contributed by atoms with Gasteiger partial charge in [0.15, 0.2) is 5.82 Å². The van der Waals surface area contributed by atoms with E-state index in [0.29, 0.717) is 12.1 Å². The van der Waals surface area contributed by atoms with Crippen molar-refractivity contribution in [3.63, 3.8) is 0 Å². The number of esters is 1. The Kier molecular flexibility index (Phi) is 5.79. The SMILES string of the molecule is CCCC(C)COC(=O)c1cc(F)cc(S(N)(=O)=O)c1F. The molecule has 21 heavy (non-hydrogen) atoms. The van der Waals surface area contributed by atoms with Gasteiger partial charge in [0.25, 0.3) is 0 Å². The Morgan fingerprint density at radius 3 is 2.52 bits per heavy atom. The van der Waals surface area contributed by atoms with Gasteiger partial charge in [-0.2, -0.15) is 0 Å². The number of nitrogens with two attached hydrogens (primary N) is 1. The number of hydrogen-bond acceptors (Lipinski definition) is 4. The predicted molar refractivity (Wildman–Crippen MR) is 72.1 cm³/mol. The molecular formula is C13H17F2NO4S. The smallest absolute Gasteiger partial charge is 0.341 e. The number of benzene rings is 1. The van der Waals surface area contributed by atoms with E-state index in [4.69, 9.17) is 9.88 Å². The summed E-state index contributed by atoms with van der Waals surface area (Å²) in [4.78, 5) is 10.7. The average Bonchev–Trinajstić information content (AvgIpc) is 2.37. The molecule has 1 rings (SSSR count). The number of halogens is 2. The zero-order valence-electron chi connectivity index (χ0n) is 11.7. The third kappa shape index (κ3) is 4.75. The third-order valence-corrected chi connectivity index (χ3v) is 3.72. The second-order valence-corrected chi connectivity index (χ2v) is 6.33. The van der Waals surface area contributed by atoms with Crippen LogP contribution >= 0.6 is 0 Å². The minimum atomic E-state index is -4.47. The van der Waals surface area contributed by atoms with Crippen LogP contribution in [0.1, 0.15) is 37.0 Å². The number of sulfonamides is 1. The van der Waals surface area contributed by atoms with Gasteiger partial charge >= 0.3 is 5.97 Å². The first-order chi connectivity index (χ1) is 9.66. The largest absolute Gasteiger partial charge is 0.462 e. The summed E-state index contributed by atoms with van der Waals surface area (Å²) >= 11 is 0. The fourth-order valence-electron chi connectivity index (χ4n) is 1.79. The minimum absolute atomic E-state index is 0.0351. The molecule has 0 aliphatic heterocycles. The van der Waals surface area contributed by atoms with Crippen LogP contribution in [0.15, 0.2) is 17.0 Å². The molecule has 2 N–H and O–H groups in total. The Bertz CT molecular complexity index is 631. The Balaban J connectivity index is 3.03. The fourth-order valence-corrected chi connectivity index (χ4v) is 2.43. The van der Waals surface area contributed by atoms with Crippen molar-refractivity contribution in [3.05, 3.63) is 29.3 Å². The molecule has 8 heteroatoms. The highest BCUT2D eigenvalue weighted by atomic mass is 32.2. The van der Waals surface area contributed by atoms with Gasteiger partial charge in [-0.1, -0.05) is 20.3 Å². The van der Waals surface area contributed by atoms with Crippen LogP contribution in [0.3, 0.4) is 0 Å². The van der Waals surface area contributed by atoms with Gasteiger partial charge in [-0.05, 0) is 24.5 Å². The van der Waals surface area contributed by atoms with Crippen molar-refractivity contribution in [2.45, 2.75) is 31.6 Å². The molecule has 1 unspecified atom stereocenters. The zero-order chi connectivity index (χ0) is 16.2. The highest BCUT2D eigenvalue weighted by molar-refractivity contribution is 7.89. The van der Waals surface area contributed by atoms with E-state index in [2.05, 4.69) is 0 Å². The molecule has 0 saturated carbocycles. The van der Waals surface area contributed by atoms with Crippen molar-refractivity contribution < 1.29 is 26.7 Å². The number of carbonyl (C=O) groups excluding carboxylic acids is 1. The fraction of sp³-hybridized carbons (Fsp3) is 0.462. The van der Waals surface area contributed by atoms with Crippen molar-refractivity contribution >= 4 is 16.0 Å². The number of rotatable bonds is 6. The summed E-state index contributed by atoms with van der Waals surface area (Å²) in [5.74, 6) is -3.56. The molecule has 118 valence electrons. The molecule has 0 amide bonds. The highest BCUT2D eigenvalue weighted by Gasteiger charge is 2.24. The monoisotopic (exact) mass is 321 g/mol. The van der Waals surface area contributed by atoms with Crippen molar-refractivity contribution in [3.8, 4) is 0 Å². The molecule has 0 aliphatic rings. The van der Waals surface area contributed by atoms with Gasteiger partial charge in [-0.15, -0.1) is 0 Å². The van der Waals surface area contributed by atoms with E-state index in [1.807, 2.05) is 13.8 Å². The van der Waals surface area contributed by atoms with Crippen molar-refractivity contribution in [2.24, 2.45) is 11.1 Å². The lowest BCUT2D eigenvalue weighted by molar-refractivity contribution is 0.0437. The van der Waals surface area contributed by atoms with Gasteiger partial charge in [-0.3, -0.25) is 0 Å². The summed E-state index contributed by atoms with van der Waals surface area (Å²) in [6, 6.07) is 0.998. The summed E-state index contributed by atoms with van der Waals surface area (Å²) in [6.45, 7) is 3.84. The lowest BCUT2D eigenvalue weighted by Gasteiger charge is -2.12.